The van der Waals surface area contributed by atoms with E-state index in [1.54, 1.807) is 22.7 Å². The van der Waals surface area contributed by atoms with E-state index in [0.29, 0.717) is 12.1 Å². The van der Waals surface area contributed by atoms with Crippen molar-refractivity contribution in [3.8, 4) is 0 Å². The van der Waals surface area contributed by atoms with Crippen molar-refractivity contribution in [1.82, 2.24) is 5.32 Å². The second kappa shape index (κ2) is 6.58. The van der Waals surface area contributed by atoms with E-state index in [1.165, 1.54) is 22.6 Å². The van der Waals surface area contributed by atoms with Crippen LogP contribution >= 0.6 is 34.3 Å². The van der Waals surface area contributed by atoms with Crippen molar-refractivity contribution < 1.29 is 0 Å². The molecule has 1 atom stereocenters. The lowest BCUT2D eigenvalue weighted by atomic mass is 9.91. The van der Waals surface area contributed by atoms with Crippen LogP contribution < -0.4 is 11.1 Å². The van der Waals surface area contributed by atoms with Crippen LogP contribution in [0.4, 0.5) is 0 Å². The molecule has 0 aromatic carbocycles. The maximum atomic E-state index is 6.11. The summed E-state index contributed by atoms with van der Waals surface area (Å²) in [4.78, 5) is 2.66. The Balaban J connectivity index is 1.76. The number of thiophene rings is 2. The lowest BCUT2D eigenvalue weighted by molar-refractivity contribution is 0.330. The van der Waals surface area contributed by atoms with Crippen molar-refractivity contribution in [2.24, 2.45) is 5.73 Å². The fraction of sp³-hybridized carbons (Fsp3) is 0.467. The molecule has 2 nitrogen and oxygen atoms in total. The zero-order valence-electron chi connectivity index (χ0n) is 11.2. The lowest BCUT2D eigenvalue weighted by Crippen LogP contribution is -2.39. The zero-order valence-corrected chi connectivity index (χ0v) is 13.6. The minimum absolute atomic E-state index is 0.270. The lowest BCUT2D eigenvalue weighted by Gasteiger charge is -2.30. The normalized spacial score (nSPS) is 24.7. The molecule has 2 aromatic heterocycles. The first-order chi connectivity index (χ1) is 9.72. The van der Waals surface area contributed by atoms with Crippen molar-refractivity contribution >= 4 is 34.3 Å². The van der Waals surface area contributed by atoms with Gasteiger partial charge < -0.3 is 11.1 Å². The van der Waals surface area contributed by atoms with Crippen molar-refractivity contribution in [2.75, 3.05) is 0 Å². The molecule has 20 heavy (non-hydrogen) atoms. The summed E-state index contributed by atoms with van der Waals surface area (Å²) in [5.41, 5.74) is 6.00. The Morgan fingerprint density at radius 3 is 2.55 bits per heavy atom. The van der Waals surface area contributed by atoms with Crippen LogP contribution in [0.5, 0.6) is 0 Å². The van der Waals surface area contributed by atoms with Crippen molar-refractivity contribution in [2.45, 2.75) is 43.8 Å². The van der Waals surface area contributed by atoms with Crippen LogP contribution in [0.25, 0.3) is 0 Å². The smallest absolute Gasteiger partial charge is 0.0931 e. The molecule has 1 aliphatic rings. The molecule has 0 bridgehead atoms. The molecule has 1 aliphatic carbocycles. The summed E-state index contributed by atoms with van der Waals surface area (Å²) in [6.07, 6.45) is 4.59. The van der Waals surface area contributed by atoms with Gasteiger partial charge in [0.05, 0.1) is 10.4 Å². The molecule has 108 valence electrons. The standard InChI is InChI=1S/C15H19ClN2S2/c16-14-8-7-13(20-14)15(12-2-1-9-19-12)18-11-5-3-10(17)4-6-11/h1-2,7-11,15,18H,3-6,17H2. The van der Waals surface area contributed by atoms with E-state index in [1.807, 2.05) is 6.07 Å². The Labute approximate surface area is 133 Å². The Morgan fingerprint density at radius 2 is 1.95 bits per heavy atom. The minimum Gasteiger partial charge on any atom is -0.328 e. The van der Waals surface area contributed by atoms with E-state index in [0.717, 1.165) is 17.2 Å². The molecule has 0 radical (unpaired) electrons. The van der Waals surface area contributed by atoms with Crippen molar-refractivity contribution in [3.63, 3.8) is 0 Å². The van der Waals surface area contributed by atoms with Gasteiger partial charge >= 0.3 is 0 Å². The highest BCUT2D eigenvalue weighted by molar-refractivity contribution is 7.16. The molecule has 1 unspecified atom stereocenters. The van der Waals surface area contributed by atoms with Crippen molar-refractivity contribution in [1.29, 1.82) is 0 Å². The Kier molecular flexibility index (Phi) is 4.79. The van der Waals surface area contributed by atoms with Gasteiger partial charge in [0.2, 0.25) is 0 Å². The molecule has 1 saturated carbocycles. The van der Waals surface area contributed by atoms with E-state index < -0.39 is 0 Å². The Morgan fingerprint density at radius 1 is 1.15 bits per heavy atom. The molecule has 0 aliphatic heterocycles. The molecule has 3 N–H and O–H groups in total. The fourth-order valence-electron chi connectivity index (χ4n) is 2.76. The Bertz CT molecular complexity index is 530. The average Bonchev–Trinajstić information content (AvgIpc) is 3.09. The quantitative estimate of drug-likeness (QED) is 0.873. The highest BCUT2D eigenvalue weighted by atomic mass is 35.5. The van der Waals surface area contributed by atoms with E-state index in [2.05, 4.69) is 28.9 Å². The number of hydrogen-bond acceptors (Lipinski definition) is 4. The van der Waals surface area contributed by atoms with E-state index in [-0.39, 0.29) is 6.04 Å². The van der Waals surface area contributed by atoms with Gasteiger partial charge in [-0.3, -0.25) is 0 Å². The molecular formula is C15H19ClN2S2. The van der Waals surface area contributed by atoms with E-state index >= 15 is 0 Å². The summed E-state index contributed by atoms with van der Waals surface area (Å²) in [6, 6.07) is 9.66. The van der Waals surface area contributed by atoms with Gasteiger partial charge in [0.25, 0.3) is 0 Å². The van der Waals surface area contributed by atoms with E-state index in [9.17, 15) is 0 Å². The van der Waals surface area contributed by atoms with Crippen LogP contribution in [-0.2, 0) is 0 Å². The van der Waals surface area contributed by atoms with Crippen LogP contribution in [0.1, 0.15) is 41.5 Å². The molecule has 5 heteroatoms. The molecule has 2 aromatic rings. The molecule has 3 rings (SSSR count). The van der Waals surface area contributed by atoms with Crippen molar-refractivity contribution in [3.05, 3.63) is 43.7 Å². The molecular weight excluding hydrogens is 308 g/mol. The maximum absolute atomic E-state index is 6.11. The summed E-state index contributed by atoms with van der Waals surface area (Å²) < 4.78 is 0.856. The van der Waals surface area contributed by atoms with Gasteiger partial charge in [-0.15, -0.1) is 22.7 Å². The van der Waals surface area contributed by atoms with Crippen LogP contribution in [-0.4, -0.2) is 12.1 Å². The number of nitrogens with two attached hydrogens (primary N) is 1. The minimum atomic E-state index is 0.270. The summed E-state index contributed by atoms with van der Waals surface area (Å²) in [6.45, 7) is 0. The Hall–Kier alpha value is -0.390. The summed E-state index contributed by atoms with van der Waals surface area (Å²) in [7, 11) is 0. The van der Waals surface area contributed by atoms with Gasteiger partial charge in [0.1, 0.15) is 0 Å². The fourth-order valence-corrected chi connectivity index (χ4v) is 4.78. The molecule has 1 fully saturated rings. The first kappa shape index (κ1) is 14.5. The van der Waals surface area contributed by atoms with Gasteiger partial charge in [0, 0.05) is 21.8 Å². The van der Waals surface area contributed by atoms with Gasteiger partial charge in [-0.2, -0.15) is 0 Å². The SMILES string of the molecule is NC1CCC(NC(c2cccs2)c2ccc(Cl)s2)CC1. The molecule has 0 amide bonds. The monoisotopic (exact) mass is 326 g/mol. The third kappa shape index (κ3) is 3.43. The molecule has 2 heterocycles. The largest absolute Gasteiger partial charge is 0.328 e. The third-order valence-electron chi connectivity index (χ3n) is 3.88. The van der Waals surface area contributed by atoms with Crippen LogP contribution in [0.15, 0.2) is 29.6 Å². The average molecular weight is 327 g/mol. The first-order valence-electron chi connectivity index (χ1n) is 7.02. The predicted molar refractivity (Wildman–Crippen MR) is 88.9 cm³/mol. The second-order valence-corrected chi connectivity index (χ2v) is 8.09. The zero-order chi connectivity index (χ0) is 13.9. The molecule has 0 spiro atoms. The number of nitrogens with one attached hydrogen (secondary N) is 1. The maximum Gasteiger partial charge on any atom is 0.0931 e. The second-order valence-electron chi connectivity index (χ2n) is 5.37. The van der Waals surface area contributed by atoms with E-state index in [4.69, 9.17) is 17.3 Å². The third-order valence-corrected chi connectivity index (χ3v) is 6.11. The van der Waals surface area contributed by atoms with Crippen LogP contribution in [0, 0.1) is 0 Å². The highest BCUT2D eigenvalue weighted by Crippen LogP contribution is 2.34. The highest BCUT2D eigenvalue weighted by Gasteiger charge is 2.24. The first-order valence-corrected chi connectivity index (χ1v) is 9.10. The number of hydrogen-bond donors (Lipinski definition) is 2. The predicted octanol–water partition coefficient (Wildman–Crippen LogP) is 4.41. The van der Waals surface area contributed by atoms with Gasteiger partial charge in [-0.25, -0.2) is 0 Å². The van der Waals surface area contributed by atoms with Gasteiger partial charge in [-0.05, 0) is 49.3 Å². The van der Waals surface area contributed by atoms with Gasteiger partial charge in [-0.1, -0.05) is 17.7 Å². The summed E-state index contributed by atoms with van der Waals surface area (Å²) >= 11 is 9.57. The van der Waals surface area contributed by atoms with Crippen LogP contribution in [0.2, 0.25) is 4.34 Å². The number of rotatable bonds is 4. The van der Waals surface area contributed by atoms with Gasteiger partial charge in [0.15, 0.2) is 0 Å². The molecule has 0 saturated heterocycles. The topological polar surface area (TPSA) is 38.0 Å². The summed E-state index contributed by atoms with van der Waals surface area (Å²) in [5, 5.41) is 5.95. The van der Waals surface area contributed by atoms with Crippen LogP contribution in [0.3, 0.4) is 0 Å². The number of halogens is 1. The summed E-state index contributed by atoms with van der Waals surface area (Å²) in [5.74, 6) is 0.